The van der Waals surface area contributed by atoms with E-state index < -0.39 is 0 Å². The normalized spacial score (nSPS) is 8.40. The van der Waals surface area contributed by atoms with Gasteiger partial charge in [0.05, 0.1) is 11.9 Å². The minimum absolute atomic E-state index is 0.610. The molecule has 0 spiro atoms. The maximum atomic E-state index is 5.10. The van der Waals surface area contributed by atoms with Crippen LogP contribution in [0.15, 0.2) is 18.3 Å². The maximum Gasteiger partial charge on any atom is 0.113 e. The summed E-state index contributed by atoms with van der Waals surface area (Å²) in [6.07, 6.45) is 6.66. The van der Waals surface area contributed by atoms with Crippen LogP contribution in [0.1, 0.15) is 5.69 Å². The van der Waals surface area contributed by atoms with Gasteiger partial charge in [-0.15, -0.1) is 6.42 Å². The number of anilines is 1. The van der Waals surface area contributed by atoms with Crippen LogP contribution >= 0.6 is 0 Å². The van der Waals surface area contributed by atoms with Gasteiger partial charge >= 0.3 is 0 Å². The van der Waals surface area contributed by atoms with Crippen molar-refractivity contribution in [1.29, 1.82) is 0 Å². The molecule has 0 atom stereocenters. The summed E-state index contributed by atoms with van der Waals surface area (Å²) in [5.41, 5.74) is 3.81. The third-order valence-electron chi connectivity index (χ3n) is 1.08. The smallest absolute Gasteiger partial charge is 0.113 e. The highest BCUT2D eigenvalue weighted by molar-refractivity contribution is 5.41. The van der Waals surface area contributed by atoms with Gasteiger partial charge in [-0.2, -0.15) is 0 Å². The standard InChI is InChI=1S/C7H7N3/c1-2-6-3-4-7(10-8)5-9-6/h1,3-5,10H,8H2. The highest BCUT2D eigenvalue weighted by Gasteiger charge is 1.87. The third-order valence-corrected chi connectivity index (χ3v) is 1.08. The lowest BCUT2D eigenvalue weighted by Gasteiger charge is -1.96. The van der Waals surface area contributed by atoms with Crippen LogP contribution in [0, 0.1) is 12.3 Å². The Hall–Kier alpha value is -1.53. The summed E-state index contributed by atoms with van der Waals surface area (Å²) >= 11 is 0. The van der Waals surface area contributed by atoms with E-state index in [1.165, 1.54) is 0 Å². The summed E-state index contributed by atoms with van der Waals surface area (Å²) < 4.78 is 0. The van der Waals surface area contributed by atoms with Gasteiger partial charge in [-0.1, -0.05) is 5.92 Å². The van der Waals surface area contributed by atoms with Crippen molar-refractivity contribution < 1.29 is 0 Å². The zero-order valence-corrected chi connectivity index (χ0v) is 5.33. The van der Waals surface area contributed by atoms with E-state index in [1.54, 1.807) is 18.3 Å². The molecule has 0 amide bonds. The number of nitrogens with two attached hydrogens (primary N) is 1. The Labute approximate surface area is 59.2 Å². The summed E-state index contributed by atoms with van der Waals surface area (Å²) in [7, 11) is 0. The number of hydrogen-bond donors (Lipinski definition) is 2. The van der Waals surface area contributed by atoms with Gasteiger partial charge in [0.1, 0.15) is 5.69 Å². The van der Waals surface area contributed by atoms with Gasteiger partial charge in [0.2, 0.25) is 0 Å². The molecule has 50 valence electrons. The summed E-state index contributed by atoms with van der Waals surface area (Å²) in [6.45, 7) is 0. The second kappa shape index (κ2) is 2.85. The molecule has 3 nitrogen and oxygen atoms in total. The van der Waals surface area contributed by atoms with Gasteiger partial charge in [-0.3, -0.25) is 5.84 Å². The molecule has 1 heterocycles. The van der Waals surface area contributed by atoms with E-state index in [-0.39, 0.29) is 0 Å². The van der Waals surface area contributed by atoms with Crippen LogP contribution in [-0.2, 0) is 0 Å². The highest BCUT2D eigenvalue weighted by atomic mass is 15.2. The molecule has 0 unspecified atom stereocenters. The van der Waals surface area contributed by atoms with E-state index in [0.717, 1.165) is 5.69 Å². The van der Waals surface area contributed by atoms with Crippen molar-refractivity contribution in [2.75, 3.05) is 5.43 Å². The van der Waals surface area contributed by atoms with Gasteiger partial charge in [0, 0.05) is 0 Å². The largest absolute Gasteiger partial charge is 0.323 e. The first-order valence-electron chi connectivity index (χ1n) is 2.76. The van der Waals surface area contributed by atoms with Crippen molar-refractivity contribution in [3.63, 3.8) is 0 Å². The van der Waals surface area contributed by atoms with Crippen LogP contribution in [-0.4, -0.2) is 4.98 Å². The van der Waals surface area contributed by atoms with E-state index in [1.807, 2.05) is 0 Å². The molecule has 0 saturated carbocycles. The lowest BCUT2D eigenvalue weighted by Crippen LogP contribution is -2.06. The van der Waals surface area contributed by atoms with Gasteiger partial charge in [0.25, 0.3) is 0 Å². The lowest BCUT2D eigenvalue weighted by atomic mass is 10.3. The van der Waals surface area contributed by atoms with E-state index >= 15 is 0 Å². The Morgan fingerprint density at radius 1 is 1.60 bits per heavy atom. The van der Waals surface area contributed by atoms with Gasteiger partial charge in [-0.25, -0.2) is 4.98 Å². The fourth-order valence-corrected chi connectivity index (χ4v) is 0.565. The Bertz CT molecular complexity index is 245. The monoisotopic (exact) mass is 133 g/mol. The van der Waals surface area contributed by atoms with Crippen molar-refractivity contribution in [3.05, 3.63) is 24.0 Å². The fourth-order valence-electron chi connectivity index (χ4n) is 0.565. The number of nitrogens with one attached hydrogen (secondary N) is 1. The van der Waals surface area contributed by atoms with Crippen LogP contribution in [0.3, 0.4) is 0 Å². The van der Waals surface area contributed by atoms with Crippen LogP contribution in [0.5, 0.6) is 0 Å². The number of nitrogens with zero attached hydrogens (tertiary/aromatic N) is 1. The van der Waals surface area contributed by atoms with Crippen molar-refractivity contribution in [2.24, 2.45) is 5.84 Å². The molecule has 1 aromatic heterocycles. The van der Waals surface area contributed by atoms with E-state index in [9.17, 15) is 0 Å². The van der Waals surface area contributed by atoms with Crippen LogP contribution in [0.25, 0.3) is 0 Å². The Balaban J connectivity index is 2.93. The molecule has 3 heteroatoms. The zero-order valence-electron chi connectivity index (χ0n) is 5.33. The minimum atomic E-state index is 0.610. The number of pyridine rings is 1. The quantitative estimate of drug-likeness (QED) is 0.330. The molecule has 10 heavy (non-hydrogen) atoms. The van der Waals surface area contributed by atoms with Crippen molar-refractivity contribution in [3.8, 4) is 12.3 Å². The van der Waals surface area contributed by atoms with Gasteiger partial charge < -0.3 is 5.43 Å². The molecular formula is C7H7N3. The molecule has 1 rings (SSSR count). The second-order valence-corrected chi connectivity index (χ2v) is 1.72. The van der Waals surface area contributed by atoms with Gasteiger partial charge in [0.15, 0.2) is 0 Å². The lowest BCUT2D eigenvalue weighted by molar-refractivity contribution is 1.25. The van der Waals surface area contributed by atoms with Crippen molar-refractivity contribution in [2.45, 2.75) is 0 Å². The minimum Gasteiger partial charge on any atom is -0.323 e. The van der Waals surface area contributed by atoms with Crippen molar-refractivity contribution in [1.82, 2.24) is 4.98 Å². The number of nitrogen functional groups attached to an aromatic ring is 1. The molecule has 0 aliphatic rings. The molecule has 0 bridgehead atoms. The summed E-state index contributed by atoms with van der Waals surface area (Å²) in [6, 6.07) is 3.48. The molecule has 0 aliphatic heterocycles. The second-order valence-electron chi connectivity index (χ2n) is 1.72. The predicted octanol–water partition coefficient (Wildman–Crippen LogP) is 0.348. The van der Waals surface area contributed by atoms with Crippen LogP contribution in [0.2, 0.25) is 0 Å². The number of aromatic nitrogens is 1. The number of hydrazine groups is 1. The van der Waals surface area contributed by atoms with E-state index in [0.29, 0.717) is 5.69 Å². The Morgan fingerprint density at radius 2 is 2.40 bits per heavy atom. The molecular weight excluding hydrogens is 126 g/mol. The molecule has 1 aromatic rings. The summed E-state index contributed by atoms with van der Waals surface area (Å²) in [5, 5.41) is 0. The molecule has 0 aromatic carbocycles. The average Bonchev–Trinajstić information content (AvgIpc) is 2.05. The molecule has 0 fully saturated rings. The topological polar surface area (TPSA) is 50.9 Å². The molecule has 0 aliphatic carbocycles. The number of hydrogen-bond acceptors (Lipinski definition) is 3. The first kappa shape index (κ1) is 6.59. The first-order chi connectivity index (χ1) is 4.86. The maximum absolute atomic E-state index is 5.10. The highest BCUT2D eigenvalue weighted by Crippen LogP contribution is 2.01. The SMILES string of the molecule is C#Cc1ccc(NN)cn1. The average molecular weight is 133 g/mol. The van der Waals surface area contributed by atoms with Crippen molar-refractivity contribution >= 4 is 5.69 Å². The van der Waals surface area contributed by atoms with E-state index in [2.05, 4.69) is 16.3 Å². The van der Waals surface area contributed by atoms with Crippen LogP contribution < -0.4 is 11.3 Å². The van der Waals surface area contributed by atoms with E-state index in [4.69, 9.17) is 12.3 Å². The zero-order chi connectivity index (χ0) is 7.40. The van der Waals surface area contributed by atoms with Gasteiger partial charge in [-0.05, 0) is 12.1 Å². The fraction of sp³-hybridized carbons (Fsp3) is 0. The summed E-state index contributed by atoms with van der Waals surface area (Å²) in [4.78, 5) is 3.89. The third kappa shape index (κ3) is 1.24. The van der Waals surface area contributed by atoms with Crippen LogP contribution in [0.4, 0.5) is 5.69 Å². The number of rotatable bonds is 1. The molecule has 3 N–H and O–H groups in total. The summed E-state index contributed by atoms with van der Waals surface area (Å²) in [5.74, 6) is 7.50. The molecule has 0 saturated heterocycles. The predicted molar refractivity (Wildman–Crippen MR) is 40.0 cm³/mol. The Morgan fingerprint density at radius 3 is 2.80 bits per heavy atom. The number of terminal acetylenes is 1. The first-order valence-corrected chi connectivity index (χ1v) is 2.76. The molecule has 0 radical (unpaired) electrons. The Kier molecular flexibility index (Phi) is 1.88.